The molecule has 2 aliphatic rings. The van der Waals surface area contributed by atoms with Crippen LogP contribution in [0.4, 0.5) is 0 Å². The first-order valence-corrected chi connectivity index (χ1v) is 7.65. The predicted octanol–water partition coefficient (Wildman–Crippen LogP) is 2.41. The summed E-state index contributed by atoms with van der Waals surface area (Å²) in [7, 11) is 0. The van der Waals surface area contributed by atoms with E-state index in [4.69, 9.17) is 0 Å². The van der Waals surface area contributed by atoms with Crippen LogP contribution in [0.2, 0.25) is 0 Å². The molecular formula is C15H28N2O. The van der Waals surface area contributed by atoms with E-state index in [9.17, 15) is 4.79 Å². The van der Waals surface area contributed by atoms with Gasteiger partial charge in [0, 0.05) is 19.1 Å². The van der Waals surface area contributed by atoms with Crippen LogP contribution in [0.5, 0.6) is 0 Å². The molecule has 1 aliphatic carbocycles. The van der Waals surface area contributed by atoms with Gasteiger partial charge in [0.1, 0.15) is 0 Å². The molecule has 1 heterocycles. The monoisotopic (exact) mass is 252 g/mol. The lowest BCUT2D eigenvalue weighted by atomic mass is 9.92. The molecule has 18 heavy (non-hydrogen) atoms. The minimum Gasteiger partial charge on any atom is -0.352 e. The van der Waals surface area contributed by atoms with Crippen molar-refractivity contribution in [2.45, 2.75) is 58.4 Å². The Hall–Kier alpha value is -0.570. The number of hydrogen-bond acceptors (Lipinski definition) is 2. The molecule has 1 amide bonds. The number of rotatable bonds is 3. The Morgan fingerprint density at radius 1 is 1.11 bits per heavy atom. The molecule has 1 saturated heterocycles. The summed E-state index contributed by atoms with van der Waals surface area (Å²) in [6.07, 6.45) is 7.57. The van der Waals surface area contributed by atoms with Crippen molar-refractivity contribution in [3.8, 4) is 0 Å². The lowest BCUT2D eigenvalue weighted by molar-refractivity contribution is -0.123. The van der Waals surface area contributed by atoms with Gasteiger partial charge in [0.2, 0.25) is 5.91 Å². The molecule has 1 N–H and O–H groups in total. The van der Waals surface area contributed by atoms with Gasteiger partial charge in [-0.3, -0.25) is 9.69 Å². The highest BCUT2D eigenvalue weighted by Crippen LogP contribution is 2.21. The molecule has 2 rings (SSSR count). The Kier molecular flexibility index (Phi) is 5.04. The molecule has 0 bridgehead atoms. The second-order valence-corrected chi connectivity index (χ2v) is 6.54. The minimum atomic E-state index is 0.239. The zero-order valence-electron chi connectivity index (χ0n) is 12.0. The molecule has 2 unspecified atom stereocenters. The Bertz CT molecular complexity index is 264. The number of amides is 1. The fraction of sp³-hybridized carbons (Fsp3) is 0.933. The minimum absolute atomic E-state index is 0.239. The van der Waals surface area contributed by atoms with Crippen molar-refractivity contribution < 1.29 is 4.79 Å². The van der Waals surface area contributed by atoms with E-state index in [0.29, 0.717) is 12.6 Å². The number of nitrogens with zero attached hydrogens (tertiary/aromatic N) is 1. The second kappa shape index (κ2) is 6.55. The van der Waals surface area contributed by atoms with Gasteiger partial charge in [-0.25, -0.2) is 0 Å². The Morgan fingerprint density at radius 2 is 1.72 bits per heavy atom. The third-order valence-electron chi connectivity index (χ3n) is 4.28. The fourth-order valence-electron chi connectivity index (χ4n) is 3.64. The summed E-state index contributed by atoms with van der Waals surface area (Å²) in [6.45, 7) is 7.36. The largest absolute Gasteiger partial charge is 0.352 e. The zero-order valence-corrected chi connectivity index (χ0v) is 12.0. The molecule has 0 aromatic rings. The van der Waals surface area contributed by atoms with E-state index in [1.165, 1.54) is 38.5 Å². The van der Waals surface area contributed by atoms with Crippen LogP contribution in [-0.2, 0) is 4.79 Å². The van der Waals surface area contributed by atoms with E-state index >= 15 is 0 Å². The van der Waals surface area contributed by atoms with Gasteiger partial charge in [-0.05, 0) is 31.1 Å². The maximum atomic E-state index is 12.0. The first kappa shape index (κ1) is 13.9. The summed E-state index contributed by atoms with van der Waals surface area (Å²) in [5.41, 5.74) is 0. The number of carbonyl (C=O) groups excluding carboxylic acids is 1. The predicted molar refractivity (Wildman–Crippen MR) is 74.4 cm³/mol. The van der Waals surface area contributed by atoms with Crippen molar-refractivity contribution in [3.05, 3.63) is 0 Å². The summed E-state index contributed by atoms with van der Waals surface area (Å²) < 4.78 is 0. The quantitative estimate of drug-likeness (QED) is 0.836. The molecule has 2 atom stereocenters. The summed E-state index contributed by atoms with van der Waals surface area (Å²) in [5, 5.41) is 3.22. The van der Waals surface area contributed by atoms with Crippen LogP contribution in [0.3, 0.4) is 0 Å². The highest BCUT2D eigenvalue weighted by Gasteiger charge is 2.24. The molecule has 0 radical (unpaired) electrons. The lowest BCUT2D eigenvalue weighted by Gasteiger charge is -2.35. The number of carbonyl (C=O) groups is 1. The van der Waals surface area contributed by atoms with E-state index in [1.54, 1.807) is 0 Å². The summed E-state index contributed by atoms with van der Waals surface area (Å²) in [4.78, 5) is 14.4. The maximum Gasteiger partial charge on any atom is 0.234 e. The molecule has 1 saturated carbocycles. The number of nitrogens with one attached hydrogen (secondary N) is 1. The topological polar surface area (TPSA) is 32.3 Å². The zero-order chi connectivity index (χ0) is 13.0. The lowest BCUT2D eigenvalue weighted by Crippen LogP contribution is -2.47. The van der Waals surface area contributed by atoms with Gasteiger partial charge in [0.25, 0.3) is 0 Å². The van der Waals surface area contributed by atoms with Crippen molar-refractivity contribution in [3.63, 3.8) is 0 Å². The SMILES string of the molecule is CC1CC(C)CN(CC(=O)NC2CCCCC2)C1. The fourth-order valence-corrected chi connectivity index (χ4v) is 3.64. The Labute approximate surface area is 111 Å². The standard InChI is InChI=1S/C15H28N2O/c1-12-8-13(2)10-17(9-12)11-15(18)16-14-6-4-3-5-7-14/h12-14H,3-11H2,1-2H3,(H,16,18). The molecular weight excluding hydrogens is 224 g/mol. The van der Waals surface area contributed by atoms with Crippen LogP contribution < -0.4 is 5.32 Å². The molecule has 0 spiro atoms. The van der Waals surface area contributed by atoms with Gasteiger partial charge in [0.05, 0.1) is 6.54 Å². The van der Waals surface area contributed by atoms with Gasteiger partial charge < -0.3 is 5.32 Å². The van der Waals surface area contributed by atoms with Crippen LogP contribution >= 0.6 is 0 Å². The third-order valence-corrected chi connectivity index (χ3v) is 4.28. The van der Waals surface area contributed by atoms with Crippen molar-refractivity contribution in [1.82, 2.24) is 10.2 Å². The number of piperidine rings is 1. The molecule has 104 valence electrons. The maximum absolute atomic E-state index is 12.0. The smallest absolute Gasteiger partial charge is 0.234 e. The van der Waals surface area contributed by atoms with E-state index in [1.807, 2.05) is 0 Å². The van der Waals surface area contributed by atoms with E-state index in [-0.39, 0.29) is 5.91 Å². The molecule has 0 aromatic heterocycles. The van der Waals surface area contributed by atoms with Crippen molar-refractivity contribution >= 4 is 5.91 Å². The van der Waals surface area contributed by atoms with Gasteiger partial charge >= 0.3 is 0 Å². The van der Waals surface area contributed by atoms with Crippen molar-refractivity contribution in [2.75, 3.05) is 19.6 Å². The Balaban J connectivity index is 1.72. The average molecular weight is 252 g/mol. The highest BCUT2D eigenvalue weighted by atomic mass is 16.2. The van der Waals surface area contributed by atoms with Gasteiger partial charge in [-0.2, -0.15) is 0 Å². The van der Waals surface area contributed by atoms with Crippen LogP contribution in [0.25, 0.3) is 0 Å². The first-order valence-electron chi connectivity index (χ1n) is 7.65. The van der Waals surface area contributed by atoms with Crippen LogP contribution in [0.1, 0.15) is 52.4 Å². The normalized spacial score (nSPS) is 31.2. The van der Waals surface area contributed by atoms with Gasteiger partial charge in [0.15, 0.2) is 0 Å². The van der Waals surface area contributed by atoms with E-state index in [0.717, 1.165) is 24.9 Å². The summed E-state index contributed by atoms with van der Waals surface area (Å²) >= 11 is 0. The second-order valence-electron chi connectivity index (χ2n) is 6.54. The van der Waals surface area contributed by atoms with Crippen molar-refractivity contribution in [1.29, 1.82) is 0 Å². The van der Waals surface area contributed by atoms with Gasteiger partial charge in [-0.15, -0.1) is 0 Å². The molecule has 1 aliphatic heterocycles. The Morgan fingerprint density at radius 3 is 2.33 bits per heavy atom. The highest BCUT2D eigenvalue weighted by molar-refractivity contribution is 5.78. The van der Waals surface area contributed by atoms with Crippen LogP contribution in [0, 0.1) is 11.8 Å². The molecule has 2 fully saturated rings. The molecule has 3 heteroatoms. The van der Waals surface area contributed by atoms with E-state index < -0.39 is 0 Å². The first-order chi connectivity index (χ1) is 8.63. The van der Waals surface area contributed by atoms with E-state index in [2.05, 4.69) is 24.1 Å². The van der Waals surface area contributed by atoms with Crippen molar-refractivity contribution in [2.24, 2.45) is 11.8 Å². The van der Waals surface area contributed by atoms with Gasteiger partial charge in [-0.1, -0.05) is 33.1 Å². The number of hydrogen-bond donors (Lipinski definition) is 1. The molecule has 3 nitrogen and oxygen atoms in total. The van der Waals surface area contributed by atoms with Crippen LogP contribution in [0.15, 0.2) is 0 Å². The average Bonchev–Trinajstić information content (AvgIpc) is 2.28. The third kappa shape index (κ3) is 4.27. The molecule has 0 aromatic carbocycles. The summed E-state index contributed by atoms with van der Waals surface area (Å²) in [6, 6.07) is 0.450. The number of likely N-dealkylation sites (tertiary alicyclic amines) is 1. The summed E-state index contributed by atoms with van der Waals surface area (Å²) in [5.74, 6) is 1.70. The van der Waals surface area contributed by atoms with Crippen LogP contribution in [-0.4, -0.2) is 36.5 Å².